The number of nitrogen functional groups attached to an aromatic ring is 1. The molecule has 0 atom stereocenters. The molecule has 0 saturated carbocycles. The van der Waals surface area contributed by atoms with Crippen molar-refractivity contribution >= 4 is 17.3 Å². The van der Waals surface area contributed by atoms with Crippen LogP contribution in [0.4, 0.5) is 11.4 Å². The number of nitro groups is 1. The van der Waals surface area contributed by atoms with E-state index < -0.39 is 10.9 Å². The Morgan fingerprint density at radius 1 is 1.56 bits per heavy atom. The summed E-state index contributed by atoms with van der Waals surface area (Å²) in [5.41, 5.74) is 6.81. The van der Waals surface area contributed by atoms with E-state index in [-0.39, 0.29) is 12.1 Å². The normalized spacial score (nSPS) is 9.88. The first kappa shape index (κ1) is 12.0. The number of nitro benzene ring substituents is 1. The molecule has 0 spiro atoms. The van der Waals surface area contributed by atoms with E-state index in [9.17, 15) is 14.9 Å². The van der Waals surface area contributed by atoms with E-state index in [1.54, 1.807) is 6.92 Å². The Bertz CT molecular complexity index is 443. The topological polar surface area (TPSA) is 95.5 Å². The number of carbonyl (C=O) groups excluding carboxylic acids is 1. The third-order valence-electron chi connectivity index (χ3n) is 2.35. The molecule has 0 radical (unpaired) electrons. The van der Waals surface area contributed by atoms with Crippen molar-refractivity contribution in [1.82, 2.24) is 0 Å². The number of nitrogens with two attached hydrogens (primary N) is 1. The quantitative estimate of drug-likeness (QED) is 0.360. The average Bonchev–Trinajstić information content (AvgIpc) is 2.23. The second kappa shape index (κ2) is 4.61. The van der Waals surface area contributed by atoms with Crippen LogP contribution < -0.4 is 5.73 Å². The van der Waals surface area contributed by atoms with Crippen molar-refractivity contribution in [3.8, 4) is 0 Å². The Morgan fingerprint density at radius 2 is 2.19 bits per heavy atom. The molecule has 2 N–H and O–H groups in total. The van der Waals surface area contributed by atoms with Crippen LogP contribution in [0.25, 0.3) is 0 Å². The maximum absolute atomic E-state index is 11.1. The highest BCUT2D eigenvalue weighted by molar-refractivity contribution is 5.76. The first-order chi connectivity index (χ1) is 7.47. The van der Waals surface area contributed by atoms with Crippen molar-refractivity contribution in [2.24, 2.45) is 0 Å². The second-order valence-corrected chi connectivity index (χ2v) is 3.29. The van der Waals surface area contributed by atoms with Gasteiger partial charge in [-0.15, -0.1) is 0 Å². The summed E-state index contributed by atoms with van der Waals surface area (Å²) in [6.45, 7) is 1.56. The SMILES string of the molecule is COC(=O)Cc1c(N)ccc([N+](=O)[O-])c1C. The molecule has 86 valence electrons. The zero-order valence-corrected chi connectivity index (χ0v) is 9.02. The van der Waals surface area contributed by atoms with E-state index in [1.807, 2.05) is 0 Å². The molecule has 0 saturated heterocycles. The maximum atomic E-state index is 11.1. The van der Waals surface area contributed by atoms with Gasteiger partial charge in [-0.25, -0.2) is 0 Å². The number of benzene rings is 1. The summed E-state index contributed by atoms with van der Waals surface area (Å²) in [6.07, 6.45) is -0.0597. The molecule has 1 aromatic carbocycles. The summed E-state index contributed by atoms with van der Waals surface area (Å²) in [7, 11) is 1.26. The molecule has 6 heteroatoms. The monoisotopic (exact) mass is 224 g/mol. The predicted octanol–water partition coefficient (Wildman–Crippen LogP) is 1.20. The molecule has 0 aromatic heterocycles. The highest BCUT2D eigenvalue weighted by atomic mass is 16.6. The summed E-state index contributed by atoms with van der Waals surface area (Å²) in [5, 5.41) is 10.7. The fourth-order valence-electron chi connectivity index (χ4n) is 1.41. The Labute approximate surface area is 92.2 Å². The number of hydrogen-bond donors (Lipinski definition) is 1. The molecule has 0 aliphatic heterocycles. The lowest BCUT2D eigenvalue weighted by atomic mass is 10.0. The third kappa shape index (κ3) is 2.28. The molecule has 0 aliphatic carbocycles. The third-order valence-corrected chi connectivity index (χ3v) is 2.35. The van der Waals surface area contributed by atoms with E-state index in [0.29, 0.717) is 16.8 Å². The van der Waals surface area contributed by atoms with Crippen LogP contribution in [0.15, 0.2) is 12.1 Å². The molecule has 1 aromatic rings. The van der Waals surface area contributed by atoms with Gasteiger partial charge in [0, 0.05) is 17.3 Å². The Hall–Kier alpha value is -2.11. The van der Waals surface area contributed by atoms with Crippen molar-refractivity contribution in [3.05, 3.63) is 33.4 Å². The van der Waals surface area contributed by atoms with E-state index in [2.05, 4.69) is 4.74 Å². The van der Waals surface area contributed by atoms with Crippen LogP contribution in [-0.2, 0) is 16.0 Å². The van der Waals surface area contributed by atoms with Gasteiger partial charge in [0.25, 0.3) is 5.69 Å². The highest BCUT2D eigenvalue weighted by Crippen LogP contribution is 2.26. The summed E-state index contributed by atoms with van der Waals surface area (Å²) in [6, 6.07) is 2.74. The molecular formula is C10H12N2O4. The molecule has 0 amide bonds. The van der Waals surface area contributed by atoms with Gasteiger partial charge in [0.2, 0.25) is 0 Å². The molecule has 0 unspecified atom stereocenters. The van der Waals surface area contributed by atoms with Crippen LogP contribution >= 0.6 is 0 Å². The Kier molecular flexibility index (Phi) is 3.44. The number of carbonyl (C=O) groups is 1. The Balaban J connectivity index is 3.21. The molecule has 0 bridgehead atoms. The number of methoxy groups -OCH3 is 1. The molecule has 0 aliphatic rings. The number of anilines is 1. The number of ether oxygens (including phenoxy) is 1. The summed E-state index contributed by atoms with van der Waals surface area (Å²) in [5.74, 6) is -0.477. The number of nitrogens with zero attached hydrogens (tertiary/aromatic N) is 1. The molecular weight excluding hydrogens is 212 g/mol. The minimum absolute atomic E-state index is 0.0481. The van der Waals surface area contributed by atoms with Crippen LogP contribution in [0.2, 0.25) is 0 Å². The predicted molar refractivity (Wildman–Crippen MR) is 58.0 cm³/mol. The smallest absolute Gasteiger partial charge is 0.310 e. The van der Waals surface area contributed by atoms with Crippen molar-refractivity contribution < 1.29 is 14.5 Å². The van der Waals surface area contributed by atoms with Gasteiger partial charge in [0.05, 0.1) is 18.5 Å². The number of hydrogen-bond acceptors (Lipinski definition) is 5. The van der Waals surface area contributed by atoms with E-state index >= 15 is 0 Å². The second-order valence-electron chi connectivity index (χ2n) is 3.29. The highest BCUT2D eigenvalue weighted by Gasteiger charge is 2.18. The molecule has 0 fully saturated rings. The molecule has 16 heavy (non-hydrogen) atoms. The molecule has 6 nitrogen and oxygen atoms in total. The molecule has 0 heterocycles. The van der Waals surface area contributed by atoms with E-state index in [4.69, 9.17) is 5.73 Å². The van der Waals surface area contributed by atoms with Gasteiger partial charge < -0.3 is 10.5 Å². The number of rotatable bonds is 3. The van der Waals surface area contributed by atoms with Crippen molar-refractivity contribution in [2.75, 3.05) is 12.8 Å². The maximum Gasteiger partial charge on any atom is 0.310 e. The van der Waals surface area contributed by atoms with Crippen molar-refractivity contribution in [2.45, 2.75) is 13.3 Å². The van der Waals surface area contributed by atoms with Crippen molar-refractivity contribution in [1.29, 1.82) is 0 Å². The fraction of sp³-hybridized carbons (Fsp3) is 0.300. The first-order valence-electron chi connectivity index (χ1n) is 4.56. The van der Waals surface area contributed by atoms with Crippen molar-refractivity contribution in [3.63, 3.8) is 0 Å². The number of esters is 1. The van der Waals surface area contributed by atoms with Gasteiger partial charge in [-0.05, 0) is 18.6 Å². The Morgan fingerprint density at radius 3 is 2.69 bits per heavy atom. The van der Waals surface area contributed by atoms with Crippen LogP contribution in [0, 0.1) is 17.0 Å². The van der Waals surface area contributed by atoms with Gasteiger partial charge in [-0.1, -0.05) is 0 Å². The van der Waals surface area contributed by atoms with Gasteiger partial charge in [-0.3, -0.25) is 14.9 Å². The van der Waals surface area contributed by atoms with Gasteiger partial charge in [-0.2, -0.15) is 0 Å². The fourth-order valence-corrected chi connectivity index (χ4v) is 1.41. The van der Waals surface area contributed by atoms with Gasteiger partial charge in [0.15, 0.2) is 0 Å². The van der Waals surface area contributed by atoms with Crippen LogP contribution in [0.3, 0.4) is 0 Å². The lowest BCUT2D eigenvalue weighted by molar-refractivity contribution is -0.385. The average molecular weight is 224 g/mol. The van der Waals surface area contributed by atoms with Gasteiger partial charge >= 0.3 is 5.97 Å². The summed E-state index contributed by atoms with van der Waals surface area (Å²) >= 11 is 0. The minimum Gasteiger partial charge on any atom is -0.469 e. The largest absolute Gasteiger partial charge is 0.469 e. The van der Waals surface area contributed by atoms with Crippen LogP contribution in [-0.4, -0.2) is 18.0 Å². The zero-order chi connectivity index (χ0) is 12.3. The van der Waals surface area contributed by atoms with Gasteiger partial charge in [0.1, 0.15) is 0 Å². The summed E-state index contributed by atoms with van der Waals surface area (Å²) in [4.78, 5) is 21.3. The van der Waals surface area contributed by atoms with Crippen LogP contribution in [0.5, 0.6) is 0 Å². The minimum atomic E-state index is -0.504. The molecule has 1 rings (SSSR count). The van der Waals surface area contributed by atoms with Crippen LogP contribution in [0.1, 0.15) is 11.1 Å². The van der Waals surface area contributed by atoms with E-state index in [1.165, 1.54) is 19.2 Å². The summed E-state index contributed by atoms with van der Waals surface area (Å²) < 4.78 is 4.50. The van der Waals surface area contributed by atoms with E-state index in [0.717, 1.165) is 0 Å². The zero-order valence-electron chi connectivity index (χ0n) is 9.02. The lowest BCUT2D eigenvalue weighted by Gasteiger charge is -2.08. The first-order valence-corrected chi connectivity index (χ1v) is 4.56. The standard InChI is InChI=1S/C10H12N2O4/c1-6-7(5-10(13)16-2)8(11)3-4-9(6)12(14)15/h3-4H,5,11H2,1-2H3. The lowest BCUT2D eigenvalue weighted by Crippen LogP contribution is -2.09.